The summed E-state index contributed by atoms with van der Waals surface area (Å²) in [4.78, 5) is 2.88. The Balaban J connectivity index is 2.30. The molecule has 0 radical (unpaired) electrons. The molecule has 2 rings (SSSR count). The van der Waals surface area contributed by atoms with Crippen LogP contribution in [0.5, 0.6) is 0 Å². The molecule has 20 heavy (non-hydrogen) atoms. The molecule has 2 aromatic rings. The molecule has 1 aromatic carbocycles. The third-order valence-corrected chi connectivity index (χ3v) is 5.17. The highest BCUT2D eigenvalue weighted by Crippen LogP contribution is 2.24. The van der Waals surface area contributed by atoms with Crippen molar-refractivity contribution in [1.82, 2.24) is 9.71 Å². The summed E-state index contributed by atoms with van der Waals surface area (Å²) in [5.41, 5.74) is 6.73. The lowest BCUT2D eigenvalue weighted by atomic mass is 10.2. The number of sulfone groups is 1. The van der Waals surface area contributed by atoms with Gasteiger partial charge in [0.15, 0.2) is 0 Å². The Morgan fingerprint density at radius 1 is 1.25 bits per heavy atom. The second-order valence-corrected chi connectivity index (χ2v) is 8.48. The number of benzene rings is 1. The maximum absolute atomic E-state index is 12.1. The summed E-state index contributed by atoms with van der Waals surface area (Å²) in [6.07, 6.45) is 2.40. The van der Waals surface area contributed by atoms with E-state index in [4.69, 9.17) is 5.73 Å². The van der Waals surface area contributed by atoms with Crippen LogP contribution < -0.4 is 10.5 Å². The number of nitrogens with two attached hydrogens (primary N) is 1. The third kappa shape index (κ3) is 3.30. The van der Waals surface area contributed by atoms with E-state index in [-0.39, 0.29) is 17.2 Å². The zero-order valence-corrected chi connectivity index (χ0v) is 12.4. The van der Waals surface area contributed by atoms with Crippen molar-refractivity contribution in [1.29, 1.82) is 0 Å². The monoisotopic (exact) mass is 317 g/mol. The normalized spacial score (nSPS) is 12.8. The molecule has 0 saturated carbocycles. The summed E-state index contributed by atoms with van der Waals surface area (Å²) < 4.78 is 48.5. The quantitative estimate of drug-likeness (QED) is 0.674. The van der Waals surface area contributed by atoms with Gasteiger partial charge in [0.25, 0.3) is 0 Å². The van der Waals surface area contributed by atoms with Gasteiger partial charge in [-0.1, -0.05) is 0 Å². The summed E-state index contributed by atoms with van der Waals surface area (Å²) in [6.45, 7) is -0.170. The average Bonchev–Trinajstić information content (AvgIpc) is 2.70. The van der Waals surface area contributed by atoms with E-state index >= 15 is 0 Å². The van der Waals surface area contributed by atoms with Crippen molar-refractivity contribution in [2.24, 2.45) is 0 Å². The molecule has 0 amide bonds. The first-order chi connectivity index (χ1) is 9.19. The van der Waals surface area contributed by atoms with E-state index in [9.17, 15) is 16.8 Å². The standard InChI is InChI=1S/C11H15N3O4S2/c1-19(15,16)5-4-14-20(17,18)11-7-13-10-3-2-8(12)6-9(10)11/h2-3,6-7,13-14H,4-5,12H2,1H3. The van der Waals surface area contributed by atoms with Crippen molar-refractivity contribution in [2.45, 2.75) is 4.90 Å². The second kappa shape index (κ2) is 5.08. The fraction of sp³-hybridized carbons (Fsp3) is 0.273. The number of sulfonamides is 1. The molecule has 1 heterocycles. The van der Waals surface area contributed by atoms with Crippen molar-refractivity contribution >= 4 is 36.5 Å². The molecular formula is C11H15N3O4S2. The van der Waals surface area contributed by atoms with E-state index < -0.39 is 19.9 Å². The number of aromatic amines is 1. The van der Waals surface area contributed by atoms with Gasteiger partial charge in [-0.05, 0) is 18.2 Å². The first-order valence-corrected chi connectivity index (χ1v) is 9.27. The zero-order valence-electron chi connectivity index (χ0n) is 10.8. The minimum atomic E-state index is -3.78. The Hall–Kier alpha value is -1.58. The first kappa shape index (κ1) is 14.8. The first-order valence-electron chi connectivity index (χ1n) is 5.73. The molecule has 4 N–H and O–H groups in total. The minimum Gasteiger partial charge on any atom is -0.399 e. The van der Waals surface area contributed by atoms with Gasteiger partial charge in [-0.25, -0.2) is 21.6 Å². The average molecular weight is 317 g/mol. The Labute approximate surface area is 117 Å². The van der Waals surface area contributed by atoms with Crippen molar-refractivity contribution in [3.8, 4) is 0 Å². The van der Waals surface area contributed by atoms with Gasteiger partial charge in [0.2, 0.25) is 10.0 Å². The molecule has 0 atom stereocenters. The number of aromatic nitrogens is 1. The summed E-state index contributed by atoms with van der Waals surface area (Å²) in [5, 5.41) is 0.469. The van der Waals surface area contributed by atoms with Crippen LogP contribution in [0.2, 0.25) is 0 Å². The SMILES string of the molecule is CS(=O)(=O)CCNS(=O)(=O)c1c[nH]c2ccc(N)cc12. The number of rotatable bonds is 5. The fourth-order valence-corrected chi connectivity index (χ4v) is 3.57. The van der Waals surface area contributed by atoms with E-state index in [2.05, 4.69) is 9.71 Å². The van der Waals surface area contributed by atoms with Crippen LogP contribution in [-0.2, 0) is 19.9 Å². The highest BCUT2D eigenvalue weighted by atomic mass is 32.2. The summed E-state index contributed by atoms with van der Waals surface area (Å²) >= 11 is 0. The smallest absolute Gasteiger partial charge is 0.242 e. The Morgan fingerprint density at radius 3 is 2.60 bits per heavy atom. The van der Waals surface area contributed by atoms with E-state index in [1.807, 2.05) is 0 Å². The van der Waals surface area contributed by atoms with Crippen LogP contribution in [0.3, 0.4) is 0 Å². The molecular weight excluding hydrogens is 302 g/mol. The molecule has 0 aliphatic carbocycles. The molecule has 0 fully saturated rings. The Morgan fingerprint density at radius 2 is 1.95 bits per heavy atom. The number of hydrogen-bond donors (Lipinski definition) is 3. The molecule has 0 bridgehead atoms. The van der Waals surface area contributed by atoms with Crippen LogP contribution in [0, 0.1) is 0 Å². The van der Waals surface area contributed by atoms with Crippen LogP contribution in [0.15, 0.2) is 29.3 Å². The molecule has 0 spiro atoms. The lowest BCUT2D eigenvalue weighted by Gasteiger charge is -2.05. The molecule has 0 aliphatic rings. The lowest BCUT2D eigenvalue weighted by Crippen LogP contribution is -2.28. The van der Waals surface area contributed by atoms with Gasteiger partial charge in [-0.3, -0.25) is 0 Å². The van der Waals surface area contributed by atoms with Crippen molar-refractivity contribution < 1.29 is 16.8 Å². The van der Waals surface area contributed by atoms with E-state index in [0.717, 1.165) is 6.26 Å². The van der Waals surface area contributed by atoms with Crippen molar-refractivity contribution in [3.05, 3.63) is 24.4 Å². The third-order valence-electron chi connectivity index (χ3n) is 2.72. The van der Waals surface area contributed by atoms with Crippen LogP contribution in [-0.4, -0.2) is 40.4 Å². The lowest BCUT2D eigenvalue weighted by molar-refractivity contribution is 0.583. The minimum absolute atomic E-state index is 0.0494. The maximum atomic E-state index is 12.1. The fourth-order valence-electron chi connectivity index (χ4n) is 1.77. The molecule has 7 nitrogen and oxygen atoms in total. The van der Waals surface area contributed by atoms with Gasteiger partial charge in [-0.15, -0.1) is 0 Å². The van der Waals surface area contributed by atoms with Crippen LogP contribution >= 0.6 is 0 Å². The van der Waals surface area contributed by atoms with Gasteiger partial charge in [0.05, 0.1) is 5.75 Å². The number of H-pyrrole nitrogens is 1. The second-order valence-electron chi connectivity index (χ2n) is 4.49. The summed E-state index contributed by atoms with van der Waals surface area (Å²) in [7, 11) is -7.00. The summed E-state index contributed by atoms with van der Waals surface area (Å²) in [5.74, 6) is -0.253. The predicted octanol–water partition coefficient (Wildman–Crippen LogP) is 0.0730. The maximum Gasteiger partial charge on any atom is 0.242 e. The van der Waals surface area contributed by atoms with Gasteiger partial charge < -0.3 is 10.7 Å². The van der Waals surface area contributed by atoms with Crippen molar-refractivity contribution in [2.75, 3.05) is 24.3 Å². The van der Waals surface area contributed by atoms with Crippen LogP contribution in [0.1, 0.15) is 0 Å². The topological polar surface area (TPSA) is 122 Å². The molecule has 1 aromatic heterocycles. The zero-order chi connectivity index (χ0) is 15.0. The van der Waals surface area contributed by atoms with E-state index in [1.54, 1.807) is 18.2 Å². The Kier molecular flexibility index (Phi) is 3.76. The predicted molar refractivity (Wildman–Crippen MR) is 77.6 cm³/mol. The van der Waals surface area contributed by atoms with E-state index in [1.165, 1.54) is 6.20 Å². The molecule has 0 aliphatic heterocycles. The Bertz CT molecular complexity index is 838. The number of nitrogens with one attached hydrogen (secondary N) is 2. The van der Waals surface area contributed by atoms with Crippen LogP contribution in [0.4, 0.5) is 5.69 Å². The summed E-state index contributed by atoms with van der Waals surface area (Å²) in [6, 6.07) is 4.89. The largest absolute Gasteiger partial charge is 0.399 e. The molecule has 9 heteroatoms. The van der Waals surface area contributed by atoms with Gasteiger partial charge in [0.1, 0.15) is 14.7 Å². The number of fused-ring (bicyclic) bond motifs is 1. The number of hydrogen-bond acceptors (Lipinski definition) is 5. The van der Waals surface area contributed by atoms with Crippen molar-refractivity contribution in [3.63, 3.8) is 0 Å². The molecule has 0 saturated heterocycles. The molecule has 0 unspecified atom stereocenters. The number of nitrogen functional groups attached to an aromatic ring is 1. The van der Waals surface area contributed by atoms with Gasteiger partial charge >= 0.3 is 0 Å². The number of anilines is 1. The van der Waals surface area contributed by atoms with E-state index in [0.29, 0.717) is 16.6 Å². The van der Waals surface area contributed by atoms with Gasteiger partial charge in [-0.2, -0.15) is 0 Å². The van der Waals surface area contributed by atoms with Crippen LogP contribution in [0.25, 0.3) is 10.9 Å². The van der Waals surface area contributed by atoms with Gasteiger partial charge in [0, 0.05) is 35.6 Å². The highest BCUT2D eigenvalue weighted by Gasteiger charge is 2.19. The molecule has 110 valence electrons. The highest BCUT2D eigenvalue weighted by molar-refractivity contribution is 7.91.